The Morgan fingerprint density at radius 3 is 1.30 bits per heavy atom. The van der Waals surface area contributed by atoms with Crippen LogP contribution < -0.4 is 5.32 Å². The van der Waals surface area contributed by atoms with Crippen molar-refractivity contribution in [2.75, 3.05) is 13.2 Å². The number of aliphatic hydroxyl groups excluding tert-OH is 5. The van der Waals surface area contributed by atoms with Crippen molar-refractivity contribution < 1.29 is 39.8 Å². The van der Waals surface area contributed by atoms with Gasteiger partial charge in [-0.1, -0.05) is 249 Å². The average molecular weight is 975 g/mol. The van der Waals surface area contributed by atoms with Crippen LogP contribution in [0.25, 0.3) is 0 Å². The van der Waals surface area contributed by atoms with Gasteiger partial charge in [0.05, 0.1) is 25.4 Å². The standard InChI is InChI=1S/C60H111NO8/c1-3-5-7-9-11-13-15-17-19-21-23-24-25-26-27-28-29-30-32-34-36-38-40-42-44-46-48-50-56(64)61-53(52-68-60-59(67)58(66)57(65)55(51-62)69-60)54(63)49-47-45-43-41-39-37-35-33-31-22-20-18-16-14-12-10-8-6-4-2/h15,17,21,23,39,41,47,49,53-55,57-60,62-63,65-67H,3-14,16,18-20,22,24-38,40,42-46,48,50-52H2,1-2H3,(H,61,64)/b17-15-,23-21-,41-39+,49-47+. The van der Waals surface area contributed by atoms with Crippen LogP contribution in [-0.4, -0.2) is 87.5 Å². The molecule has 404 valence electrons. The number of carbonyl (C=O) groups is 1. The highest BCUT2D eigenvalue weighted by Gasteiger charge is 2.44. The van der Waals surface area contributed by atoms with E-state index in [1.54, 1.807) is 6.08 Å². The molecule has 9 nitrogen and oxygen atoms in total. The van der Waals surface area contributed by atoms with Gasteiger partial charge in [-0.3, -0.25) is 4.79 Å². The molecule has 0 bridgehead atoms. The van der Waals surface area contributed by atoms with Crippen molar-refractivity contribution in [1.82, 2.24) is 5.32 Å². The third-order valence-corrected chi connectivity index (χ3v) is 13.9. The molecule has 0 aromatic rings. The number of hydrogen-bond donors (Lipinski definition) is 6. The van der Waals surface area contributed by atoms with Crippen LogP contribution in [0.4, 0.5) is 0 Å². The summed E-state index contributed by atoms with van der Waals surface area (Å²) >= 11 is 0. The Labute approximate surface area is 424 Å². The fraction of sp³-hybridized carbons (Fsp3) is 0.850. The summed E-state index contributed by atoms with van der Waals surface area (Å²) in [6.45, 7) is 3.78. The van der Waals surface area contributed by atoms with Crippen molar-refractivity contribution in [2.24, 2.45) is 0 Å². The first-order valence-electron chi connectivity index (χ1n) is 29.4. The molecule has 69 heavy (non-hydrogen) atoms. The lowest BCUT2D eigenvalue weighted by Crippen LogP contribution is -2.60. The minimum absolute atomic E-state index is 0.185. The fourth-order valence-corrected chi connectivity index (χ4v) is 9.20. The van der Waals surface area contributed by atoms with Crippen LogP contribution in [-0.2, 0) is 14.3 Å². The quantitative estimate of drug-likeness (QED) is 0.0261. The molecule has 0 saturated carbocycles. The van der Waals surface area contributed by atoms with Crippen molar-refractivity contribution in [3.63, 3.8) is 0 Å². The maximum absolute atomic E-state index is 13.1. The molecule has 1 rings (SSSR count). The van der Waals surface area contributed by atoms with E-state index in [0.29, 0.717) is 6.42 Å². The summed E-state index contributed by atoms with van der Waals surface area (Å²) < 4.78 is 11.3. The highest BCUT2D eigenvalue weighted by atomic mass is 16.7. The number of unbranched alkanes of at least 4 members (excludes halogenated alkanes) is 34. The molecule has 7 atom stereocenters. The van der Waals surface area contributed by atoms with Gasteiger partial charge >= 0.3 is 0 Å². The smallest absolute Gasteiger partial charge is 0.220 e. The Morgan fingerprint density at radius 1 is 0.493 bits per heavy atom. The van der Waals surface area contributed by atoms with Gasteiger partial charge in [0.15, 0.2) is 6.29 Å². The Bertz CT molecular complexity index is 1220. The van der Waals surface area contributed by atoms with E-state index >= 15 is 0 Å². The van der Waals surface area contributed by atoms with Crippen molar-refractivity contribution in [3.05, 3.63) is 48.6 Å². The minimum atomic E-state index is -1.57. The topological polar surface area (TPSA) is 149 Å². The highest BCUT2D eigenvalue weighted by molar-refractivity contribution is 5.76. The fourth-order valence-electron chi connectivity index (χ4n) is 9.20. The normalized spacial score (nSPS) is 19.8. The summed E-state index contributed by atoms with van der Waals surface area (Å²) in [6, 6.07) is -0.822. The van der Waals surface area contributed by atoms with Gasteiger partial charge in [0.1, 0.15) is 24.4 Å². The zero-order chi connectivity index (χ0) is 50.1. The van der Waals surface area contributed by atoms with Crippen LogP contribution in [0.1, 0.15) is 271 Å². The third-order valence-electron chi connectivity index (χ3n) is 13.9. The number of amides is 1. The first-order chi connectivity index (χ1) is 33.8. The SMILES string of the molecule is CCCCCCC/C=C\C/C=C\CCCCCCCCCCCCCCCCCC(=O)NC(COC1OC(CO)C(O)C(O)C1O)C(O)/C=C/CC/C=C/CCCCCCCCCCCCCCC. The van der Waals surface area contributed by atoms with E-state index in [4.69, 9.17) is 9.47 Å². The van der Waals surface area contributed by atoms with Crippen molar-refractivity contribution in [1.29, 1.82) is 0 Å². The van der Waals surface area contributed by atoms with Gasteiger partial charge in [0.2, 0.25) is 5.91 Å². The van der Waals surface area contributed by atoms with Crippen LogP contribution in [0.2, 0.25) is 0 Å². The maximum Gasteiger partial charge on any atom is 0.220 e. The van der Waals surface area contributed by atoms with Gasteiger partial charge in [-0.2, -0.15) is 0 Å². The minimum Gasteiger partial charge on any atom is -0.394 e. The molecular formula is C60H111NO8. The lowest BCUT2D eigenvalue weighted by Gasteiger charge is -2.40. The van der Waals surface area contributed by atoms with E-state index in [-0.39, 0.29) is 12.5 Å². The number of hydrogen-bond acceptors (Lipinski definition) is 8. The molecule has 0 spiro atoms. The number of rotatable bonds is 50. The van der Waals surface area contributed by atoms with E-state index in [9.17, 15) is 30.3 Å². The highest BCUT2D eigenvalue weighted by Crippen LogP contribution is 2.23. The zero-order valence-corrected chi connectivity index (χ0v) is 44.8. The Morgan fingerprint density at radius 2 is 0.870 bits per heavy atom. The van der Waals surface area contributed by atoms with Crippen LogP contribution in [0, 0.1) is 0 Å². The van der Waals surface area contributed by atoms with Gasteiger partial charge in [0, 0.05) is 6.42 Å². The summed E-state index contributed by atoms with van der Waals surface area (Å²) in [4.78, 5) is 13.1. The number of nitrogens with one attached hydrogen (secondary N) is 1. The van der Waals surface area contributed by atoms with E-state index < -0.39 is 49.5 Å². The summed E-state index contributed by atoms with van der Waals surface area (Å²) in [5.41, 5.74) is 0. The number of allylic oxidation sites excluding steroid dienone is 7. The monoisotopic (exact) mass is 974 g/mol. The Hall–Kier alpha value is -1.85. The number of carbonyl (C=O) groups excluding carboxylic acids is 1. The largest absolute Gasteiger partial charge is 0.394 e. The predicted molar refractivity (Wildman–Crippen MR) is 290 cm³/mol. The first kappa shape index (κ1) is 65.2. The van der Waals surface area contributed by atoms with E-state index in [2.05, 4.69) is 55.6 Å². The molecule has 1 aliphatic rings. The van der Waals surface area contributed by atoms with Crippen molar-refractivity contribution in [2.45, 2.75) is 314 Å². The van der Waals surface area contributed by atoms with Crippen LogP contribution in [0.15, 0.2) is 48.6 Å². The molecule has 7 unspecified atom stereocenters. The molecule has 0 radical (unpaired) electrons. The molecule has 0 aromatic heterocycles. The summed E-state index contributed by atoms with van der Waals surface area (Å²) in [5.74, 6) is -0.185. The van der Waals surface area contributed by atoms with Gasteiger partial charge in [0.25, 0.3) is 0 Å². The zero-order valence-electron chi connectivity index (χ0n) is 44.8. The lowest BCUT2D eigenvalue weighted by atomic mass is 9.99. The van der Waals surface area contributed by atoms with Gasteiger partial charge < -0.3 is 40.3 Å². The number of aliphatic hydroxyl groups is 5. The first-order valence-corrected chi connectivity index (χ1v) is 29.4. The van der Waals surface area contributed by atoms with Crippen molar-refractivity contribution >= 4 is 5.91 Å². The Kier molecular flexibility index (Phi) is 47.0. The molecule has 1 heterocycles. The summed E-state index contributed by atoms with van der Waals surface area (Å²) in [5, 5.41) is 54.5. The molecular weight excluding hydrogens is 863 g/mol. The van der Waals surface area contributed by atoms with Gasteiger partial charge in [-0.15, -0.1) is 0 Å². The summed E-state index contributed by atoms with van der Waals surface area (Å²) in [7, 11) is 0. The molecule has 1 saturated heterocycles. The Balaban J connectivity index is 2.22. The third kappa shape index (κ3) is 39.4. The lowest BCUT2D eigenvalue weighted by molar-refractivity contribution is -0.302. The van der Waals surface area contributed by atoms with Gasteiger partial charge in [-0.05, 0) is 64.2 Å². The molecule has 1 aliphatic heterocycles. The van der Waals surface area contributed by atoms with E-state index in [1.807, 2.05) is 6.08 Å². The van der Waals surface area contributed by atoms with E-state index in [0.717, 1.165) is 44.9 Å². The summed E-state index contributed by atoms with van der Waals surface area (Å²) in [6.07, 6.45) is 58.9. The van der Waals surface area contributed by atoms with Crippen LogP contribution in [0.5, 0.6) is 0 Å². The second-order valence-electron chi connectivity index (χ2n) is 20.4. The average Bonchev–Trinajstić information content (AvgIpc) is 3.35. The molecule has 0 aromatic carbocycles. The van der Waals surface area contributed by atoms with Crippen LogP contribution in [0.3, 0.4) is 0 Å². The molecule has 1 fully saturated rings. The van der Waals surface area contributed by atoms with E-state index in [1.165, 1.54) is 205 Å². The maximum atomic E-state index is 13.1. The number of ether oxygens (including phenoxy) is 2. The predicted octanol–water partition coefficient (Wildman–Crippen LogP) is 14.5. The molecule has 9 heteroatoms. The van der Waals surface area contributed by atoms with Crippen molar-refractivity contribution in [3.8, 4) is 0 Å². The van der Waals surface area contributed by atoms with Crippen LogP contribution >= 0.6 is 0 Å². The molecule has 0 aliphatic carbocycles. The van der Waals surface area contributed by atoms with Gasteiger partial charge in [-0.25, -0.2) is 0 Å². The second kappa shape index (κ2) is 49.7. The molecule has 6 N–H and O–H groups in total. The molecule has 1 amide bonds. The second-order valence-corrected chi connectivity index (χ2v) is 20.4.